The van der Waals surface area contributed by atoms with Crippen LogP contribution in [-0.2, 0) is 9.47 Å². The molecule has 0 aliphatic rings. The Labute approximate surface area is 114 Å². The largest absolute Gasteiger partial charge is 0.465 e. The van der Waals surface area contributed by atoms with Crippen molar-refractivity contribution >= 4 is 40.7 Å². The van der Waals surface area contributed by atoms with E-state index in [1.54, 1.807) is 26.2 Å². The summed E-state index contributed by atoms with van der Waals surface area (Å²) in [5, 5.41) is 4.26. The molecule has 1 rings (SSSR count). The van der Waals surface area contributed by atoms with Crippen molar-refractivity contribution in [2.45, 2.75) is 26.4 Å². The maximum atomic E-state index is 11.6. The molecule has 18 heavy (non-hydrogen) atoms. The van der Waals surface area contributed by atoms with Crippen LogP contribution in [0.15, 0.2) is 5.38 Å². The van der Waals surface area contributed by atoms with E-state index in [0.717, 1.165) is 11.3 Å². The second-order valence-electron chi connectivity index (χ2n) is 4.41. The fraction of sp³-hybridized carbons (Fsp3) is 0.455. The summed E-state index contributed by atoms with van der Waals surface area (Å²) in [5.41, 5.74) is -0.416. The summed E-state index contributed by atoms with van der Waals surface area (Å²) in [6.45, 7) is 5.22. The number of esters is 1. The van der Waals surface area contributed by atoms with Gasteiger partial charge in [-0.3, -0.25) is 5.32 Å². The average Bonchev–Trinajstić information content (AvgIpc) is 2.57. The quantitative estimate of drug-likeness (QED) is 0.847. The molecule has 1 aromatic heterocycles. The maximum Gasteiger partial charge on any atom is 0.412 e. The van der Waals surface area contributed by atoms with Gasteiger partial charge in [0.15, 0.2) is 0 Å². The number of nitrogens with one attached hydrogen (secondary N) is 1. The van der Waals surface area contributed by atoms with Crippen molar-refractivity contribution in [3.05, 3.63) is 15.3 Å². The summed E-state index contributed by atoms with van der Waals surface area (Å²) < 4.78 is 9.67. The van der Waals surface area contributed by atoms with Crippen molar-refractivity contribution in [1.82, 2.24) is 0 Å². The molecule has 0 spiro atoms. The highest BCUT2D eigenvalue weighted by atomic mass is 35.5. The monoisotopic (exact) mass is 291 g/mol. The molecule has 1 N–H and O–H groups in total. The number of ether oxygens (including phenoxy) is 2. The summed E-state index contributed by atoms with van der Waals surface area (Å²) in [6, 6.07) is 0. The first-order valence-electron chi connectivity index (χ1n) is 5.10. The van der Waals surface area contributed by atoms with E-state index in [-0.39, 0.29) is 15.6 Å². The van der Waals surface area contributed by atoms with Gasteiger partial charge in [-0.1, -0.05) is 11.6 Å². The molecule has 0 saturated carbocycles. The summed E-state index contributed by atoms with van der Waals surface area (Å²) >= 11 is 6.99. The fourth-order valence-corrected chi connectivity index (χ4v) is 2.23. The van der Waals surface area contributed by atoms with Crippen LogP contribution < -0.4 is 5.32 Å². The summed E-state index contributed by atoms with van der Waals surface area (Å²) in [6.07, 6.45) is -0.673. The van der Waals surface area contributed by atoms with Gasteiger partial charge in [-0.05, 0) is 20.8 Å². The molecule has 0 unspecified atom stereocenters. The molecule has 0 aliphatic carbocycles. The molecule has 1 aromatic rings. The van der Waals surface area contributed by atoms with Gasteiger partial charge in [0, 0.05) is 5.38 Å². The Balaban J connectivity index is 2.87. The fourth-order valence-electron chi connectivity index (χ4n) is 1.10. The highest BCUT2D eigenvalue weighted by Gasteiger charge is 2.22. The minimum atomic E-state index is -0.673. The Morgan fingerprint density at radius 1 is 1.39 bits per heavy atom. The van der Waals surface area contributed by atoms with Gasteiger partial charge in [-0.15, -0.1) is 11.3 Å². The zero-order valence-corrected chi connectivity index (χ0v) is 12.1. The number of rotatable bonds is 2. The standard InChI is InChI=1S/C11H14ClNO4S/c1-11(2,3)17-10(15)13-7-6(12)5-18-8(7)9(14)16-4/h5H,1-4H3,(H,13,15). The summed E-state index contributed by atoms with van der Waals surface area (Å²) in [4.78, 5) is 23.3. The van der Waals surface area contributed by atoms with Crippen LogP contribution in [0.4, 0.5) is 10.5 Å². The van der Waals surface area contributed by atoms with Crippen molar-refractivity contribution in [2.75, 3.05) is 12.4 Å². The van der Waals surface area contributed by atoms with Crippen molar-refractivity contribution in [3.8, 4) is 0 Å². The number of hydrogen-bond acceptors (Lipinski definition) is 5. The zero-order chi connectivity index (χ0) is 13.9. The van der Waals surface area contributed by atoms with E-state index in [2.05, 4.69) is 10.1 Å². The molecule has 0 aliphatic heterocycles. The molecule has 0 saturated heterocycles. The maximum absolute atomic E-state index is 11.6. The molecule has 5 nitrogen and oxygen atoms in total. The minimum absolute atomic E-state index is 0.211. The first kappa shape index (κ1) is 14.8. The third-order valence-corrected chi connectivity index (χ3v) is 3.13. The van der Waals surface area contributed by atoms with E-state index >= 15 is 0 Å². The third-order valence-electron chi connectivity index (χ3n) is 1.74. The highest BCUT2D eigenvalue weighted by molar-refractivity contribution is 7.13. The molecular weight excluding hydrogens is 278 g/mol. The average molecular weight is 292 g/mol. The van der Waals surface area contributed by atoms with Crippen LogP contribution in [0.2, 0.25) is 5.02 Å². The molecule has 0 aromatic carbocycles. The number of methoxy groups -OCH3 is 1. The smallest absolute Gasteiger partial charge is 0.412 e. The molecule has 0 radical (unpaired) electrons. The van der Waals surface area contributed by atoms with Crippen LogP contribution in [0.5, 0.6) is 0 Å². The molecule has 7 heteroatoms. The molecule has 0 atom stereocenters. The predicted molar refractivity (Wildman–Crippen MR) is 70.5 cm³/mol. The Hall–Kier alpha value is -1.27. The van der Waals surface area contributed by atoms with Gasteiger partial charge in [-0.25, -0.2) is 9.59 Å². The van der Waals surface area contributed by atoms with Crippen LogP contribution in [0.3, 0.4) is 0 Å². The minimum Gasteiger partial charge on any atom is -0.465 e. The lowest BCUT2D eigenvalue weighted by Crippen LogP contribution is -2.27. The van der Waals surface area contributed by atoms with Crippen LogP contribution in [0.25, 0.3) is 0 Å². The second-order valence-corrected chi connectivity index (χ2v) is 5.69. The van der Waals surface area contributed by atoms with E-state index in [0.29, 0.717) is 0 Å². The van der Waals surface area contributed by atoms with E-state index < -0.39 is 17.7 Å². The first-order valence-corrected chi connectivity index (χ1v) is 6.35. The number of carbonyl (C=O) groups is 2. The van der Waals surface area contributed by atoms with Crippen LogP contribution in [-0.4, -0.2) is 24.8 Å². The van der Waals surface area contributed by atoms with Gasteiger partial charge in [-0.2, -0.15) is 0 Å². The Morgan fingerprint density at radius 2 is 2.00 bits per heavy atom. The number of thiophene rings is 1. The lowest BCUT2D eigenvalue weighted by molar-refractivity contribution is 0.0607. The highest BCUT2D eigenvalue weighted by Crippen LogP contribution is 2.33. The topological polar surface area (TPSA) is 64.6 Å². The number of carbonyl (C=O) groups excluding carboxylic acids is 2. The van der Waals surface area contributed by atoms with E-state index in [1.165, 1.54) is 7.11 Å². The lowest BCUT2D eigenvalue weighted by Gasteiger charge is -2.19. The summed E-state index contributed by atoms with van der Waals surface area (Å²) in [5.74, 6) is -0.557. The van der Waals surface area contributed by atoms with Crippen LogP contribution >= 0.6 is 22.9 Å². The number of halogens is 1. The van der Waals surface area contributed by atoms with Gasteiger partial charge in [0.05, 0.1) is 17.8 Å². The number of anilines is 1. The predicted octanol–water partition coefficient (Wildman–Crippen LogP) is 3.54. The van der Waals surface area contributed by atoms with Crippen molar-refractivity contribution in [2.24, 2.45) is 0 Å². The first-order chi connectivity index (χ1) is 8.24. The third kappa shape index (κ3) is 3.89. The van der Waals surface area contributed by atoms with Crippen LogP contribution in [0.1, 0.15) is 30.4 Å². The normalized spacial score (nSPS) is 10.9. The van der Waals surface area contributed by atoms with Gasteiger partial charge in [0.2, 0.25) is 0 Å². The van der Waals surface area contributed by atoms with E-state index in [4.69, 9.17) is 16.3 Å². The zero-order valence-electron chi connectivity index (χ0n) is 10.5. The van der Waals surface area contributed by atoms with Crippen molar-refractivity contribution in [1.29, 1.82) is 0 Å². The molecule has 1 amide bonds. The Kier molecular flexibility index (Phi) is 4.59. The van der Waals surface area contributed by atoms with Gasteiger partial charge >= 0.3 is 12.1 Å². The lowest BCUT2D eigenvalue weighted by atomic mass is 10.2. The summed E-state index contributed by atoms with van der Waals surface area (Å²) in [7, 11) is 1.26. The Bertz CT molecular complexity index is 464. The SMILES string of the molecule is COC(=O)c1scc(Cl)c1NC(=O)OC(C)(C)C. The molecule has 1 heterocycles. The van der Waals surface area contributed by atoms with Gasteiger partial charge in [0.25, 0.3) is 0 Å². The number of amides is 1. The molecule has 100 valence electrons. The van der Waals surface area contributed by atoms with Crippen molar-refractivity contribution in [3.63, 3.8) is 0 Å². The second kappa shape index (κ2) is 5.58. The van der Waals surface area contributed by atoms with E-state index in [9.17, 15) is 9.59 Å². The van der Waals surface area contributed by atoms with Crippen molar-refractivity contribution < 1.29 is 19.1 Å². The van der Waals surface area contributed by atoms with E-state index in [1.807, 2.05) is 0 Å². The number of hydrogen-bond donors (Lipinski definition) is 1. The van der Waals surface area contributed by atoms with Gasteiger partial charge < -0.3 is 9.47 Å². The molecular formula is C11H14ClNO4S. The van der Waals surface area contributed by atoms with Gasteiger partial charge in [0.1, 0.15) is 10.5 Å². The molecule has 0 fully saturated rings. The van der Waals surface area contributed by atoms with Crippen LogP contribution in [0, 0.1) is 0 Å². The Morgan fingerprint density at radius 3 is 2.50 bits per heavy atom. The molecule has 0 bridgehead atoms.